The Morgan fingerprint density at radius 1 is 1.38 bits per heavy atom. The minimum Gasteiger partial charge on any atom is -0.508 e. The van der Waals surface area contributed by atoms with Crippen molar-refractivity contribution < 1.29 is 15.3 Å². The van der Waals surface area contributed by atoms with Gasteiger partial charge in [-0.25, -0.2) is 0 Å². The van der Waals surface area contributed by atoms with Crippen LogP contribution in [0, 0.1) is 6.92 Å². The molecule has 0 amide bonds. The second kappa shape index (κ2) is 4.72. The molecule has 3 N–H and O–H groups in total. The van der Waals surface area contributed by atoms with Gasteiger partial charge in [0, 0.05) is 5.56 Å². The molecule has 0 spiro atoms. The van der Waals surface area contributed by atoms with Gasteiger partial charge in [0.25, 0.3) is 0 Å². The van der Waals surface area contributed by atoms with Crippen LogP contribution in [-0.2, 0) is 6.42 Å². The minimum atomic E-state index is 0. The van der Waals surface area contributed by atoms with Crippen molar-refractivity contribution in [3.63, 3.8) is 0 Å². The van der Waals surface area contributed by atoms with Crippen molar-refractivity contribution in [1.29, 1.82) is 0 Å². The quantitative estimate of drug-likeness (QED) is 0.756. The van der Waals surface area contributed by atoms with E-state index in [0.717, 1.165) is 23.3 Å². The zero-order valence-electron chi connectivity index (χ0n) is 8.22. The number of aromatic hydroxyl groups is 1. The van der Waals surface area contributed by atoms with Crippen molar-refractivity contribution in [3.8, 4) is 11.5 Å². The summed E-state index contributed by atoms with van der Waals surface area (Å²) in [4.78, 5) is 0. The first-order chi connectivity index (χ1) is 5.69. The van der Waals surface area contributed by atoms with Gasteiger partial charge in [0.1, 0.15) is 11.5 Å². The fourth-order valence-corrected chi connectivity index (χ4v) is 1.14. The SMILES string of the molecule is CCc1cc(O)c(C)c(OC)c1.O. The normalized spacial score (nSPS) is 9.15. The summed E-state index contributed by atoms with van der Waals surface area (Å²) in [5.41, 5.74) is 1.89. The molecular formula is C10H16O3. The summed E-state index contributed by atoms with van der Waals surface area (Å²) < 4.78 is 5.11. The highest BCUT2D eigenvalue weighted by Crippen LogP contribution is 2.28. The van der Waals surface area contributed by atoms with E-state index in [4.69, 9.17) is 4.74 Å². The smallest absolute Gasteiger partial charge is 0.125 e. The van der Waals surface area contributed by atoms with Crippen molar-refractivity contribution in [2.24, 2.45) is 0 Å². The molecule has 1 aromatic rings. The predicted molar refractivity (Wildman–Crippen MR) is 52.4 cm³/mol. The summed E-state index contributed by atoms with van der Waals surface area (Å²) in [7, 11) is 1.61. The molecule has 0 bridgehead atoms. The topological polar surface area (TPSA) is 61.0 Å². The molecule has 0 fully saturated rings. The molecule has 0 heterocycles. The van der Waals surface area contributed by atoms with Crippen LogP contribution in [0.15, 0.2) is 12.1 Å². The molecule has 0 radical (unpaired) electrons. The van der Waals surface area contributed by atoms with Crippen molar-refractivity contribution in [1.82, 2.24) is 0 Å². The number of aryl methyl sites for hydroxylation is 1. The molecule has 3 nitrogen and oxygen atoms in total. The Kier molecular flexibility index (Phi) is 4.28. The minimum absolute atomic E-state index is 0. The molecule has 0 unspecified atom stereocenters. The maximum Gasteiger partial charge on any atom is 0.125 e. The van der Waals surface area contributed by atoms with Gasteiger partial charge in [0.15, 0.2) is 0 Å². The van der Waals surface area contributed by atoms with Crippen LogP contribution in [0.1, 0.15) is 18.1 Å². The number of benzene rings is 1. The van der Waals surface area contributed by atoms with Crippen molar-refractivity contribution in [2.45, 2.75) is 20.3 Å². The van der Waals surface area contributed by atoms with Crippen LogP contribution in [0.2, 0.25) is 0 Å². The van der Waals surface area contributed by atoms with E-state index in [2.05, 4.69) is 0 Å². The number of phenols is 1. The maximum atomic E-state index is 9.46. The summed E-state index contributed by atoms with van der Waals surface area (Å²) in [6.45, 7) is 3.89. The fraction of sp³-hybridized carbons (Fsp3) is 0.400. The average Bonchev–Trinajstić information content (AvgIpc) is 2.09. The Balaban J connectivity index is 0.00000144. The van der Waals surface area contributed by atoms with E-state index in [1.54, 1.807) is 13.2 Å². The second-order valence-electron chi connectivity index (χ2n) is 2.80. The zero-order valence-corrected chi connectivity index (χ0v) is 8.22. The highest BCUT2D eigenvalue weighted by atomic mass is 16.5. The van der Waals surface area contributed by atoms with E-state index in [1.807, 2.05) is 19.9 Å². The number of methoxy groups -OCH3 is 1. The fourth-order valence-electron chi connectivity index (χ4n) is 1.14. The Morgan fingerprint density at radius 2 is 2.00 bits per heavy atom. The van der Waals surface area contributed by atoms with Gasteiger partial charge in [-0.05, 0) is 31.0 Å². The monoisotopic (exact) mass is 184 g/mol. The van der Waals surface area contributed by atoms with E-state index in [1.165, 1.54) is 0 Å². The highest BCUT2D eigenvalue weighted by Gasteiger charge is 2.04. The molecule has 0 aliphatic heterocycles. The predicted octanol–water partition coefficient (Wildman–Crippen LogP) is 1.45. The van der Waals surface area contributed by atoms with E-state index in [0.29, 0.717) is 5.75 Å². The van der Waals surface area contributed by atoms with Gasteiger partial charge in [-0.1, -0.05) is 6.92 Å². The molecular weight excluding hydrogens is 168 g/mol. The Morgan fingerprint density at radius 3 is 2.46 bits per heavy atom. The Labute approximate surface area is 78.3 Å². The lowest BCUT2D eigenvalue weighted by Gasteiger charge is -2.08. The van der Waals surface area contributed by atoms with E-state index >= 15 is 0 Å². The Hall–Kier alpha value is -1.22. The van der Waals surface area contributed by atoms with Crippen LogP contribution < -0.4 is 4.74 Å². The number of ether oxygens (including phenoxy) is 1. The third-order valence-electron chi connectivity index (χ3n) is 2.02. The third-order valence-corrected chi connectivity index (χ3v) is 2.02. The van der Waals surface area contributed by atoms with E-state index < -0.39 is 0 Å². The van der Waals surface area contributed by atoms with Gasteiger partial charge >= 0.3 is 0 Å². The summed E-state index contributed by atoms with van der Waals surface area (Å²) in [6, 6.07) is 3.73. The van der Waals surface area contributed by atoms with Gasteiger partial charge in [-0.15, -0.1) is 0 Å². The molecule has 0 saturated carbocycles. The van der Waals surface area contributed by atoms with E-state index in [-0.39, 0.29) is 5.48 Å². The van der Waals surface area contributed by atoms with Crippen LogP contribution in [0.25, 0.3) is 0 Å². The molecule has 0 aliphatic carbocycles. The van der Waals surface area contributed by atoms with Gasteiger partial charge in [-0.3, -0.25) is 0 Å². The highest BCUT2D eigenvalue weighted by molar-refractivity contribution is 5.46. The number of hydrogen-bond acceptors (Lipinski definition) is 2. The molecule has 0 aliphatic rings. The van der Waals surface area contributed by atoms with Crippen molar-refractivity contribution in [3.05, 3.63) is 23.3 Å². The molecule has 0 atom stereocenters. The average molecular weight is 184 g/mol. The number of phenolic OH excluding ortho intramolecular Hbond substituents is 1. The van der Waals surface area contributed by atoms with Crippen LogP contribution in [-0.4, -0.2) is 17.7 Å². The van der Waals surface area contributed by atoms with Crippen molar-refractivity contribution in [2.75, 3.05) is 7.11 Å². The third kappa shape index (κ3) is 2.36. The molecule has 74 valence electrons. The molecule has 13 heavy (non-hydrogen) atoms. The first-order valence-corrected chi connectivity index (χ1v) is 4.05. The summed E-state index contributed by atoms with van der Waals surface area (Å²) in [5.74, 6) is 1.07. The summed E-state index contributed by atoms with van der Waals surface area (Å²) in [5, 5.41) is 9.46. The van der Waals surface area contributed by atoms with Crippen LogP contribution in [0.5, 0.6) is 11.5 Å². The standard InChI is InChI=1S/C10H14O2.H2O/c1-4-8-5-9(11)7(2)10(6-8)12-3;/h5-6,11H,4H2,1-3H3;1H2. The Bertz CT molecular complexity index is 282. The first kappa shape index (κ1) is 11.8. The lowest BCUT2D eigenvalue weighted by atomic mass is 10.1. The van der Waals surface area contributed by atoms with Gasteiger partial charge < -0.3 is 15.3 Å². The maximum absolute atomic E-state index is 9.46. The molecule has 0 aromatic heterocycles. The molecule has 1 aromatic carbocycles. The zero-order chi connectivity index (χ0) is 9.14. The molecule has 1 rings (SSSR count). The molecule has 3 heteroatoms. The first-order valence-electron chi connectivity index (χ1n) is 4.05. The second-order valence-corrected chi connectivity index (χ2v) is 2.80. The largest absolute Gasteiger partial charge is 0.508 e. The van der Waals surface area contributed by atoms with Crippen molar-refractivity contribution >= 4 is 0 Å². The molecule has 0 saturated heterocycles. The van der Waals surface area contributed by atoms with Gasteiger partial charge in [-0.2, -0.15) is 0 Å². The lowest BCUT2D eigenvalue weighted by molar-refractivity contribution is 0.402. The van der Waals surface area contributed by atoms with Crippen LogP contribution in [0.4, 0.5) is 0 Å². The summed E-state index contributed by atoms with van der Waals surface area (Å²) >= 11 is 0. The summed E-state index contributed by atoms with van der Waals surface area (Å²) in [6.07, 6.45) is 0.907. The van der Waals surface area contributed by atoms with Crippen LogP contribution >= 0.6 is 0 Å². The number of hydrogen-bond donors (Lipinski definition) is 1. The van der Waals surface area contributed by atoms with Gasteiger partial charge in [0.2, 0.25) is 0 Å². The number of rotatable bonds is 2. The lowest BCUT2D eigenvalue weighted by Crippen LogP contribution is -1.90. The van der Waals surface area contributed by atoms with Crippen LogP contribution in [0.3, 0.4) is 0 Å². The van der Waals surface area contributed by atoms with E-state index in [9.17, 15) is 5.11 Å². The van der Waals surface area contributed by atoms with Gasteiger partial charge in [0.05, 0.1) is 7.11 Å².